The number of aromatic hydroxyl groups is 1. The van der Waals surface area contributed by atoms with Gasteiger partial charge in [-0.3, -0.25) is 4.79 Å². The summed E-state index contributed by atoms with van der Waals surface area (Å²) in [6, 6.07) is 3.89. The Morgan fingerprint density at radius 2 is 2.32 bits per heavy atom. The van der Waals surface area contributed by atoms with Crippen molar-refractivity contribution in [3.63, 3.8) is 0 Å². The van der Waals surface area contributed by atoms with Crippen LogP contribution in [0.25, 0.3) is 0 Å². The lowest BCUT2D eigenvalue weighted by Gasteiger charge is -2.24. The van der Waals surface area contributed by atoms with Crippen LogP contribution in [0.4, 0.5) is 4.39 Å². The molecule has 1 aliphatic heterocycles. The van der Waals surface area contributed by atoms with Gasteiger partial charge in [0.15, 0.2) is 0 Å². The maximum atomic E-state index is 13.7. The number of halogens is 2. The quantitative estimate of drug-likeness (QED) is 0.861. The number of hydrogen-bond acceptors (Lipinski definition) is 2. The van der Waals surface area contributed by atoms with Gasteiger partial charge in [-0.2, -0.15) is 0 Å². The SMILES string of the molecule is O=C(c1ccc(O)cc1F)N1CCCC1CCCBr. The molecule has 0 spiro atoms. The zero-order valence-electron chi connectivity index (χ0n) is 10.6. The van der Waals surface area contributed by atoms with E-state index in [1.54, 1.807) is 4.90 Å². The van der Waals surface area contributed by atoms with Crippen molar-refractivity contribution in [1.82, 2.24) is 4.90 Å². The molecule has 0 radical (unpaired) electrons. The maximum absolute atomic E-state index is 13.7. The van der Waals surface area contributed by atoms with E-state index >= 15 is 0 Å². The molecule has 1 heterocycles. The van der Waals surface area contributed by atoms with Crippen LogP contribution in [0.3, 0.4) is 0 Å². The summed E-state index contributed by atoms with van der Waals surface area (Å²) < 4.78 is 13.7. The Bertz CT molecular complexity index is 467. The summed E-state index contributed by atoms with van der Waals surface area (Å²) in [6.45, 7) is 0.687. The van der Waals surface area contributed by atoms with Crippen molar-refractivity contribution < 1.29 is 14.3 Å². The van der Waals surface area contributed by atoms with E-state index < -0.39 is 5.82 Å². The first kappa shape index (κ1) is 14.3. The zero-order chi connectivity index (χ0) is 13.8. The third kappa shape index (κ3) is 3.26. The number of likely N-dealkylation sites (tertiary alicyclic amines) is 1. The molecule has 1 aromatic carbocycles. The molecule has 19 heavy (non-hydrogen) atoms. The second-order valence-corrected chi connectivity index (χ2v) is 5.58. The van der Waals surface area contributed by atoms with Crippen molar-refractivity contribution >= 4 is 21.8 Å². The number of nitrogens with zero attached hydrogens (tertiary/aromatic N) is 1. The van der Waals surface area contributed by atoms with Gasteiger partial charge in [0, 0.05) is 24.0 Å². The summed E-state index contributed by atoms with van der Waals surface area (Å²) in [4.78, 5) is 14.1. The number of benzene rings is 1. The zero-order valence-corrected chi connectivity index (χ0v) is 12.2. The molecule has 1 unspecified atom stereocenters. The fourth-order valence-electron chi connectivity index (χ4n) is 2.55. The van der Waals surface area contributed by atoms with Gasteiger partial charge in [0.05, 0.1) is 5.56 Å². The van der Waals surface area contributed by atoms with E-state index in [1.165, 1.54) is 12.1 Å². The Morgan fingerprint density at radius 1 is 1.53 bits per heavy atom. The molecule has 1 aromatic rings. The van der Waals surface area contributed by atoms with Gasteiger partial charge < -0.3 is 10.0 Å². The third-order valence-electron chi connectivity index (χ3n) is 3.49. The monoisotopic (exact) mass is 329 g/mol. The fraction of sp³-hybridized carbons (Fsp3) is 0.500. The Hall–Kier alpha value is -1.10. The summed E-state index contributed by atoms with van der Waals surface area (Å²) in [5, 5.41) is 10.1. The lowest BCUT2D eigenvalue weighted by Crippen LogP contribution is -2.36. The van der Waals surface area contributed by atoms with E-state index in [0.29, 0.717) is 6.54 Å². The Balaban J connectivity index is 2.13. The maximum Gasteiger partial charge on any atom is 0.257 e. The molecule has 1 N–H and O–H groups in total. The van der Waals surface area contributed by atoms with Gasteiger partial charge in [0.1, 0.15) is 11.6 Å². The number of amides is 1. The van der Waals surface area contributed by atoms with Crippen LogP contribution >= 0.6 is 15.9 Å². The summed E-state index contributed by atoms with van der Waals surface area (Å²) >= 11 is 3.39. The van der Waals surface area contributed by atoms with E-state index in [1.807, 2.05) is 0 Å². The minimum atomic E-state index is -0.656. The molecule has 104 valence electrons. The number of carbonyl (C=O) groups excluding carboxylic acids is 1. The highest BCUT2D eigenvalue weighted by molar-refractivity contribution is 9.09. The van der Waals surface area contributed by atoms with Crippen molar-refractivity contribution in [2.24, 2.45) is 0 Å². The van der Waals surface area contributed by atoms with Crippen LogP contribution in [-0.4, -0.2) is 33.8 Å². The smallest absolute Gasteiger partial charge is 0.257 e. The van der Waals surface area contributed by atoms with Crippen molar-refractivity contribution in [3.05, 3.63) is 29.6 Å². The average molecular weight is 330 g/mol. The van der Waals surface area contributed by atoms with E-state index in [9.17, 15) is 14.3 Å². The molecular formula is C14H17BrFNO2. The van der Waals surface area contributed by atoms with Crippen LogP contribution < -0.4 is 0 Å². The highest BCUT2D eigenvalue weighted by atomic mass is 79.9. The predicted molar refractivity (Wildman–Crippen MR) is 75.2 cm³/mol. The van der Waals surface area contributed by atoms with Gasteiger partial charge in [0.2, 0.25) is 0 Å². The van der Waals surface area contributed by atoms with E-state index in [-0.39, 0.29) is 23.3 Å². The summed E-state index contributed by atoms with van der Waals surface area (Å²) in [5.41, 5.74) is 0.0449. The van der Waals surface area contributed by atoms with E-state index in [4.69, 9.17) is 0 Å². The van der Waals surface area contributed by atoms with Crippen molar-refractivity contribution in [1.29, 1.82) is 0 Å². The van der Waals surface area contributed by atoms with Crippen molar-refractivity contribution in [3.8, 4) is 5.75 Å². The fourth-order valence-corrected chi connectivity index (χ4v) is 2.87. The third-order valence-corrected chi connectivity index (χ3v) is 4.05. The van der Waals surface area contributed by atoms with E-state index in [2.05, 4.69) is 15.9 Å². The van der Waals surface area contributed by atoms with Crippen LogP contribution in [0.5, 0.6) is 5.75 Å². The molecule has 0 bridgehead atoms. The first-order valence-electron chi connectivity index (χ1n) is 6.49. The van der Waals surface area contributed by atoms with Gasteiger partial charge in [-0.05, 0) is 37.8 Å². The number of hydrogen-bond donors (Lipinski definition) is 1. The molecule has 1 amide bonds. The van der Waals surface area contributed by atoms with Gasteiger partial charge >= 0.3 is 0 Å². The van der Waals surface area contributed by atoms with Gasteiger partial charge in [-0.15, -0.1) is 0 Å². The predicted octanol–water partition coefficient (Wildman–Crippen LogP) is 3.31. The molecule has 1 atom stereocenters. The number of rotatable bonds is 4. The Morgan fingerprint density at radius 3 is 3.00 bits per heavy atom. The van der Waals surface area contributed by atoms with Crippen molar-refractivity contribution in [2.45, 2.75) is 31.7 Å². The first-order valence-corrected chi connectivity index (χ1v) is 7.61. The summed E-state index contributed by atoms with van der Waals surface area (Å²) in [5.74, 6) is -1.09. The van der Waals surface area contributed by atoms with Crippen LogP contribution in [0.1, 0.15) is 36.0 Å². The van der Waals surface area contributed by atoms with Gasteiger partial charge in [-0.25, -0.2) is 4.39 Å². The molecular weight excluding hydrogens is 313 g/mol. The topological polar surface area (TPSA) is 40.5 Å². The number of carbonyl (C=O) groups is 1. The van der Waals surface area contributed by atoms with Gasteiger partial charge in [-0.1, -0.05) is 15.9 Å². The lowest BCUT2D eigenvalue weighted by atomic mass is 10.1. The van der Waals surface area contributed by atoms with Gasteiger partial charge in [0.25, 0.3) is 5.91 Å². The van der Waals surface area contributed by atoms with Crippen LogP contribution in [0.2, 0.25) is 0 Å². The molecule has 0 saturated carbocycles. The Labute approximate surface area is 120 Å². The lowest BCUT2D eigenvalue weighted by molar-refractivity contribution is 0.0725. The molecule has 1 aliphatic rings. The minimum Gasteiger partial charge on any atom is -0.508 e. The second-order valence-electron chi connectivity index (χ2n) is 4.79. The summed E-state index contributed by atoms with van der Waals surface area (Å²) in [6.07, 6.45) is 3.90. The summed E-state index contributed by atoms with van der Waals surface area (Å²) in [7, 11) is 0. The highest BCUT2D eigenvalue weighted by Gasteiger charge is 2.30. The van der Waals surface area contributed by atoms with Crippen LogP contribution in [0, 0.1) is 5.82 Å². The van der Waals surface area contributed by atoms with Crippen LogP contribution in [0.15, 0.2) is 18.2 Å². The number of phenols is 1. The Kier molecular flexibility index (Phi) is 4.80. The van der Waals surface area contributed by atoms with Crippen LogP contribution in [-0.2, 0) is 0 Å². The number of phenolic OH excluding ortho intramolecular Hbond substituents is 1. The second kappa shape index (κ2) is 6.37. The molecule has 1 fully saturated rings. The molecule has 0 aliphatic carbocycles. The average Bonchev–Trinajstić information content (AvgIpc) is 2.83. The molecule has 1 saturated heterocycles. The number of alkyl halides is 1. The van der Waals surface area contributed by atoms with E-state index in [0.717, 1.165) is 37.1 Å². The molecule has 5 heteroatoms. The molecule has 2 rings (SSSR count). The largest absolute Gasteiger partial charge is 0.508 e. The highest BCUT2D eigenvalue weighted by Crippen LogP contribution is 2.25. The standard InChI is InChI=1S/C14H17BrFNO2/c15-7-1-3-10-4-2-8-17(10)14(19)12-6-5-11(18)9-13(12)16/h5-6,9-10,18H,1-4,7-8H2. The normalized spacial score (nSPS) is 18.8. The first-order chi connectivity index (χ1) is 9.13. The van der Waals surface area contributed by atoms with Crippen molar-refractivity contribution in [2.75, 3.05) is 11.9 Å². The minimum absolute atomic E-state index is 0.0449. The molecule has 3 nitrogen and oxygen atoms in total. The molecule has 0 aromatic heterocycles.